The fourth-order valence-corrected chi connectivity index (χ4v) is 8.61. The van der Waals surface area contributed by atoms with E-state index in [-0.39, 0.29) is 12.5 Å². The first-order chi connectivity index (χ1) is 29.6. The number of carbonyl (C=O) groups excluding carboxylic acids is 1. The van der Waals surface area contributed by atoms with Gasteiger partial charge in [0.25, 0.3) is 0 Å². The minimum Gasteiger partial charge on any atom is -0.394 e. The van der Waals surface area contributed by atoms with Gasteiger partial charge in [0.15, 0.2) is 0 Å². The summed E-state index contributed by atoms with van der Waals surface area (Å²) in [6.45, 7) is 4.20. The Bertz CT molecular complexity index is 890. The first-order valence-corrected chi connectivity index (χ1v) is 27.1. The Kier molecular flexibility index (Phi) is 49.5. The van der Waals surface area contributed by atoms with Crippen LogP contribution in [-0.2, 0) is 4.79 Å². The maximum absolute atomic E-state index is 12.5. The summed E-state index contributed by atoms with van der Waals surface area (Å²) in [6, 6.07) is -0.807. The van der Waals surface area contributed by atoms with Gasteiger partial charge in [0.2, 0.25) is 5.91 Å². The van der Waals surface area contributed by atoms with Crippen molar-refractivity contribution < 1.29 is 20.1 Å². The van der Waals surface area contributed by atoms with Crippen LogP contribution in [0.5, 0.6) is 0 Å². The molecule has 60 heavy (non-hydrogen) atoms. The summed E-state index contributed by atoms with van der Waals surface area (Å²) in [4.78, 5) is 12.5. The molecular formula is C55H107NO4. The lowest BCUT2D eigenvalue weighted by Gasteiger charge is -2.26. The highest BCUT2D eigenvalue weighted by atomic mass is 16.3. The number of hydrogen-bond donors (Lipinski definition) is 4. The Labute approximate surface area is 375 Å². The summed E-state index contributed by atoms with van der Waals surface area (Å²) in [5, 5.41) is 33.7. The Morgan fingerprint density at radius 3 is 1.05 bits per heavy atom. The second-order valence-corrected chi connectivity index (χ2v) is 18.8. The molecule has 0 aliphatic rings. The third kappa shape index (κ3) is 44.9. The summed E-state index contributed by atoms with van der Waals surface area (Å²) in [5.41, 5.74) is 0. The molecule has 0 saturated heterocycles. The van der Waals surface area contributed by atoms with Crippen LogP contribution in [0.15, 0.2) is 24.3 Å². The molecule has 0 bridgehead atoms. The molecule has 3 atom stereocenters. The van der Waals surface area contributed by atoms with Crippen LogP contribution in [0.2, 0.25) is 0 Å². The van der Waals surface area contributed by atoms with E-state index >= 15 is 0 Å². The van der Waals surface area contributed by atoms with E-state index < -0.39 is 18.2 Å². The summed E-state index contributed by atoms with van der Waals surface area (Å²) in [7, 11) is 0. The first-order valence-electron chi connectivity index (χ1n) is 27.1. The van der Waals surface area contributed by atoms with Gasteiger partial charge in [-0.3, -0.25) is 4.79 Å². The van der Waals surface area contributed by atoms with E-state index in [0.29, 0.717) is 12.8 Å². The minimum absolute atomic E-state index is 0.141. The van der Waals surface area contributed by atoms with Crippen LogP contribution in [0, 0.1) is 0 Å². The number of aliphatic hydroxyl groups is 3. The summed E-state index contributed by atoms with van der Waals surface area (Å²) in [5.74, 6) is -0.141. The highest BCUT2D eigenvalue weighted by molar-refractivity contribution is 5.76. The third-order valence-electron chi connectivity index (χ3n) is 12.8. The summed E-state index contributed by atoms with van der Waals surface area (Å²) >= 11 is 0. The van der Waals surface area contributed by atoms with Crippen LogP contribution >= 0.6 is 0 Å². The average molecular weight is 846 g/mol. The van der Waals surface area contributed by atoms with Crippen molar-refractivity contribution in [3.05, 3.63) is 24.3 Å². The van der Waals surface area contributed by atoms with Crippen molar-refractivity contribution in [3.63, 3.8) is 0 Å². The van der Waals surface area contributed by atoms with E-state index in [9.17, 15) is 20.1 Å². The van der Waals surface area contributed by atoms with Crippen molar-refractivity contribution in [3.8, 4) is 0 Å². The van der Waals surface area contributed by atoms with E-state index in [0.717, 1.165) is 44.9 Å². The molecule has 0 aliphatic carbocycles. The largest absolute Gasteiger partial charge is 0.394 e. The molecule has 0 heterocycles. The molecule has 0 aromatic carbocycles. The molecule has 0 fully saturated rings. The number of unbranched alkanes of at least 4 members (excludes halogenated alkanes) is 38. The highest BCUT2D eigenvalue weighted by Crippen LogP contribution is 2.17. The van der Waals surface area contributed by atoms with Crippen LogP contribution in [0.25, 0.3) is 0 Å². The zero-order valence-corrected chi connectivity index (χ0v) is 40.6. The quantitative estimate of drug-likeness (QED) is 0.0363. The molecule has 5 nitrogen and oxygen atoms in total. The van der Waals surface area contributed by atoms with Gasteiger partial charge < -0.3 is 20.6 Å². The summed E-state index contributed by atoms with van der Waals surface area (Å²) < 4.78 is 0. The lowest BCUT2D eigenvalue weighted by Crippen LogP contribution is -2.50. The molecule has 1 amide bonds. The normalized spacial score (nSPS) is 13.5. The molecule has 0 rings (SSSR count). The van der Waals surface area contributed by atoms with Gasteiger partial charge in [-0.1, -0.05) is 269 Å². The third-order valence-corrected chi connectivity index (χ3v) is 12.8. The van der Waals surface area contributed by atoms with Gasteiger partial charge in [0, 0.05) is 6.42 Å². The number of amides is 1. The predicted molar refractivity (Wildman–Crippen MR) is 264 cm³/mol. The Morgan fingerprint density at radius 1 is 0.417 bits per heavy atom. The van der Waals surface area contributed by atoms with Crippen LogP contribution in [-0.4, -0.2) is 46.1 Å². The SMILES string of the molecule is CCCCCCCCCCC/C=C\C/C=C\CCCCCCCCCCCCCCCCCC(=O)NC(CO)C(O)C(O)CCCCCCCCCCCCCCCCC. The van der Waals surface area contributed by atoms with Gasteiger partial charge in [0.05, 0.1) is 18.8 Å². The minimum atomic E-state index is -1.13. The van der Waals surface area contributed by atoms with Crippen molar-refractivity contribution in [2.24, 2.45) is 0 Å². The average Bonchev–Trinajstić information content (AvgIpc) is 3.25. The van der Waals surface area contributed by atoms with E-state index in [1.165, 1.54) is 225 Å². The molecule has 0 saturated carbocycles. The molecule has 5 heteroatoms. The van der Waals surface area contributed by atoms with Crippen molar-refractivity contribution in [2.75, 3.05) is 6.61 Å². The molecule has 0 spiro atoms. The van der Waals surface area contributed by atoms with Gasteiger partial charge in [-0.15, -0.1) is 0 Å². The molecule has 4 N–H and O–H groups in total. The van der Waals surface area contributed by atoms with E-state index in [4.69, 9.17) is 0 Å². The topological polar surface area (TPSA) is 89.8 Å². The lowest BCUT2D eigenvalue weighted by atomic mass is 9.99. The molecule has 0 aromatic rings. The fourth-order valence-electron chi connectivity index (χ4n) is 8.61. The van der Waals surface area contributed by atoms with Crippen LogP contribution in [0.3, 0.4) is 0 Å². The smallest absolute Gasteiger partial charge is 0.220 e. The van der Waals surface area contributed by atoms with Crippen molar-refractivity contribution in [1.29, 1.82) is 0 Å². The second-order valence-electron chi connectivity index (χ2n) is 18.8. The molecule has 3 unspecified atom stereocenters. The van der Waals surface area contributed by atoms with E-state index in [1.54, 1.807) is 0 Å². The monoisotopic (exact) mass is 846 g/mol. The van der Waals surface area contributed by atoms with E-state index in [1.807, 2.05) is 0 Å². The molecule has 0 radical (unpaired) electrons. The first kappa shape index (κ1) is 58.8. The van der Waals surface area contributed by atoms with E-state index in [2.05, 4.69) is 43.5 Å². The molecular weight excluding hydrogens is 739 g/mol. The van der Waals surface area contributed by atoms with Gasteiger partial charge in [0.1, 0.15) is 6.10 Å². The Balaban J connectivity index is 3.51. The standard InChI is InChI=1S/C55H107NO4/c1-3-5-7-9-11-13-15-17-19-20-21-22-23-24-25-26-27-28-29-30-31-32-33-34-36-38-40-42-44-46-48-50-54(59)56-52(51-57)55(60)53(58)49-47-45-43-41-39-37-35-18-16-14-12-10-8-6-4-2/h21-22,24-25,52-53,55,57-58,60H,3-20,23,26-51H2,1-2H3,(H,56,59)/b22-21-,25-24-. The van der Waals surface area contributed by atoms with Gasteiger partial charge >= 0.3 is 0 Å². The van der Waals surface area contributed by atoms with Crippen LogP contribution < -0.4 is 5.32 Å². The fraction of sp³-hybridized carbons (Fsp3) is 0.909. The predicted octanol–water partition coefficient (Wildman–Crippen LogP) is 16.5. The number of hydrogen-bond acceptors (Lipinski definition) is 4. The number of allylic oxidation sites excluding steroid dienone is 4. The second kappa shape index (κ2) is 50.5. The number of carbonyl (C=O) groups is 1. The Hall–Kier alpha value is -1.17. The van der Waals surface area contributed by atoms with Crippen molar-refractivity contribution >= 4 is 5.91 Å². The van der Waals surface area contributed by atoms with Gasteiger partial charge in [-0.25, -0.2) is 0 Å². The maximum atomic E-state index is 12.5. The lowest BCUT2D eigenvalue weighted by molar-refractivity contribution is -0.124. The highest BCUT2D eigenvalue weighted by Gasteiger charge is 2.26. The number of aliphatic hydroxyl groups excluding tert-OH is 3. The zero-order valence-electron chi connectivity index (χ0n) is 40.6. The molecule has 0 aromatic heterocycles. The number of rotatable bonds is 50. The van der Waals surface area contributed by atoms with Gasteiger partial charge in [-0.2, -0.15) is 0 Å². The number of nitrogens with one attached hydrogen (secondary N) is 1. The van der Waals surface area contributed by atoms with Crippen molar-refractivity contribution in [1.82, 2.24) is 5.32 Å². The Morgan fingerprint density at radius 2 is 0.717 bits per heavy atom. The maximum Gasteiger partial charge on any atom is 0.220 e. The molecule has 0 aliphatic heterocycles. The van der Waals surface area contributed by atoms with Crippen LogP contribution in [0.1, 0.15) is 296 Å². The van der Waals surface area contributed by atoms with Crippen molar-refractivity contribution in [2.45, 2.75) is 315 Å². The summed E-state index contributed by atoms with van der Waals surface area (Å²) in [6.07, 6.45) is 63.2. The van der Waals surface area contributed by atoms with Crippen LogP contribution in [0.4, 0.5) is 0 Å². The zero-order chi connectivity index (χ0) is 43.7. The molecule has 356 valence electrons. The van der Waals surface area contributed by atoms with Gasteiger partial charge in [-0.05, 0) is 44.9 Å².